The summed E-state index contributed by atoms with van der Waals surface area (Å²) in [5.41, 5.74) is 0.420. The normalized spacial score (nSPS) is 11.9. The zero-order valence-electron chi connectivity index (χ0n) is 11.3. The molecule has 0 saturated heterocycles. The summed E-state index contributed by atoms with van der Waals surface area (Å²) in [4.78, 5) is 0.762. The van der Waals surface area contributed by atoms with E-state index in [1.807, 2.05) is 0 Å². The van der Waals surface area contributed by atoms with Crippen LogP contribution in [-0.2, 0) is 9.47 Å². The predicted octanol–water partition coefficient (Wildman–Crippen LogP) is 2.97. The van der Waals surface area contributed by atoms with E-state index in [2.05, 4.69) is 4.74 Å². The van der Waals surface area contributed by atoms with E-state index >= 15 is 0 Å². The molecule has 0 bridgehead atoms. The number of aromatic nitrogens is 1. The second kappa shape index (κ2) is 8.67. The summed E-state index contributed by atoms with van der Waals surface area (Å²) in [6, 6.07) is 1.61. The summed E-state index contributed by atoms with van der Waals surface area (Å²) < 4.78 is 45.5. The van der Waals surface area contributed by atoms with Gasteiger partial charge >= 0.3 is 6.18 Å². The Kier molecular flexibility index (Phi) is 7.58. The molecule has 4 nitrogen and oxygen atoms in total. The van der Waals surface area contributed by atoms with Gasteiger partial charge in [-0.2, -0.15) is 17.9 Å². The Morgan fingerprint density at radius 2 is 1.95 bits per heavy atom. The SMILES string of the molecule is Cc1c(Cl)c(SCCOCCOCC(F)(F)F)cc[n+]1[O-]. The molecule has 21 heavy (non-hydrogen) atoms. The van der Waals surface area contributed by atoms with Crippen LogP contribution in [0.1, 0.15) is 5.69 Å². The number of ether oxygens (including phenoxy) is 2. The number of hydrogen-bond donors (Lipinski definition) is 0. The number of hydrogen-bond acceptors (Lipinski definition) is 4. The third-order valence-corrected chi connectivity index (χ3v) is 3.96. The number of halogens is 4. The van der Waals surface area contributed by atoms with Crippen molar-refractivity contribution in [3.05, 3.63) is 28.2 Å². The predicted molar refractivity (Wildman–Crippen MR) is 73.6 cm³/mol. The molecule has 0 radical (unpaired) electrons. The topological polar surface area (TPSA) is 45.4 Å². The highest BCUT2D eigenvalue weighted by atomic mass is 35.5. The number of alkyl halides is 3. The number of thioether (sulfide) groups is 1. The van der Waals surface area contributed by atoms with Gasteiger partial charge in [-0.1, -0.05) is 11.6 Å². The lowest BCUT2D eigenvalue weighted by Gasteiger charge is -2.09. The Morgan fingerprint density at radius 3 is 2.62 bits per heavy atom. The van der Waals surface area contributed by atoms with Crippen molar-refractivity contribution in [3.8, 4) is 0 Å². The lowest BCUT2D eigenvalue weighted by atomic mass is 10.4. The van der Waals surface area contributed by atoms with Gasteiger partial charge in [-0.15, -0.1) is 11.8 Å². The van der Waals surface area contributed by atoms with Gasteiger partial charge in [0.15, 0.2) is 6.20 Å². The number of rotatable bonds is 8. The van der Waals surface area contributed by atoms with Crippen LogP contribution in [0.15, 0.2) is 17.2 Å². The van der Waals surface area contributed by atoms with Crippen LogP contribution in [0.25, 0.3) is 0 Å². The van der Waals surface area contributed by atoms with Crippen molar-refractivity contribution in [1.82, 2.24) is 0 Å². The Balaban J connectivity index is 2.14. The summed E-state index contributed by atoms with van der Waals surface area (Å²) in [5.74, 6) is 0.571. The molecular weight excluding hydrogens is 331 g/mol. The van der Waals surface area contributed by atoms with E-state index in [9.17, 15) is 18.4 Å². The first-order valence-corrected chi connectivity index (χ1v) is 7.41. The van der Waals surface area contributed by atoms with Gasteiger partial charge in [-0.05, 0) is 0 Å². The first-order valence-electron chi connectivity index (χ1n) is 6.04. The molecule has 1 heterocycles. The lowest BCUT2D eigenvalue weighted by Crippen LogP contribution is -2.29. The van der Waals surface area contributed by atoms with Crippen molar-refractivity contribution >= 4 is 23.4 Å². The largest absolute Gasteiger partial charge is 0.618 e. The summed E-state index contributed by atoms with van der Waals surface area (Å²) in [6.07, 6.45) is -2.94. The first kappa shape index (κ1) is 18.3. The minimum atomic E-state index is -4.31. The van der Waals surface area contributed by atoms with Crippen LogP contribution in [0, 0.1) is 12.1 Å². The molecule has 0 aliphatic rings. The molecule has 0 spiro atoms. The Hall–Kier alpha value is -0.700. The van der Waals surface area contributed by atoms with E-state index in [1.54, 1.807) is 13.0 Å². The summed E-state index contributed by atoms with van der Waals surface area (Å²) >= 11 is 7.42. The fourth-order valence-corrected chi connectivity index (χ4v) is 2.49. The maximum Gasteiger partial charge on any atom is 0.411 e. The van der Waals surface area contributed by atoms with Crippen molar-refractivity contribution in [2.24, 2.45) is 0 Å². The molecule has 0 fully saturated rings. The molecule has 9 heteroatoms. The van der Waals surface area contributed by atoms with Gasteiger partial charge in [-0.25, -0.2) is 0 Å². The molecule has 0 aromatic carbocycles. The average molecular weight is 346 g/mol. The Morgan fingerprint density at radius 1 is 1.29 bits per heavy atom. The summed E-state index contributed by atoms with van der Waals surface area (Å²) in [5, 5.41) is 11.6. The van der Waals surface area contributed by atoms with E-state index in [0.717, 1.165) is 4.90 Å². The third kappa shape index (κ3) is 7.21. The molecule has 1 rings (SSSR count). The molecule has 1 aromatic rings. The van der Waals surface area contributed by atoms with Crippen LogP contribution in [-0.4, -0.2) is 38.4 Å². The number of pyridine rings is 1. The summed E-state index contributed by atoms with van der Waals surface area (Å²) in [7, 11) is 0. The molecule has 0 saturated carbocycles. The van der Waals surface area contributed by atoms with E-state index in [0.29, 0.717) is 27.8 Å². The van der Waals surface area contributed by atoms with E-state index in [4.69, 9.17) is 16.3 Å². The molecule has 0 unspecified atom stereocenters. The smallest absolute Gasteiger partial charge is 0.411 e. The third-order valence-electron chi connectivity index (χ3n) is 2.35. The molecule has 0 aliphatic carbocycles. The van der Waals surface area contributed by atoms with E-state index in [1.165, 1.54) is 18.0 Å². The lowest BCUT2D eigenvalue weighted by molar-refractivity contribution is -0.612. The van der Waals surface area contributed by atoms with Gasteiger partial charge in [0.25, 0.3) is 0 Å². The zero-order chi connectivity index (χ0) is 15.9. The van der Waals surface area contributed by atoms with Crippen LogP contribution in [0.5, 0.6) is 0 Å². The van der Waals surface area contributed by atoms with Crippen molar-refractivity contribution in [2.45, 2.75) is 18.0 Å². The summed E-state index contributed by atoms with van der Waals surface area (Å²) in [6.45, 7) is 0.694. The van der Waals surface area contributed by atoms with Crippen molar-refractivity contribution in [3.63, 3.8) is 0 Å². The fraction of sp³-hybridized carbons (Fsp3) is 0.583. The van der Waals surface area contributed by atoms with Crippen LogP contribution in [0.4, 0.5) is 13.2 Å². The molecule has 120 valence electrons. The fourth-order valence-electron chi connectivity index (χ4n) is 1.33. The van der Waals surface area contributed by atoms with Gasteiger partial charge < -0.3 is 14.7 Å². The highest BCUT2D eigenvalue weighted by Crippen LogP contribution is 2.27. The standard InChI is InChI=1S/C12H15ClF3NO3S/c1-9-11(13)10(2-3-17(9)18)21-7-6-19-4-5-20-8-12(14,15)16/h2-3H,4-8H2,1H3. The molecular formula is C12H15ClF3NO3S. The van der Waals surface area contributed by atoms with Gasteiger partial charge in [-0.3, -0.25) is 0 Å². The quantitative estimate of drug-likeness (QED) is 0.314. The average Bonchev–Trinajstić information content (AvgIpc) is 2.40. The molecule has 1 aromatic heterocycles. The maximum atomic E-state index is 11.8. The van der Waals surface area contributed by atoms with Crippen LogP contribution >= 0.6 is 23.4 Å². The van der Waals surface area contributed by atoms with Gasteiger partial charge in [0.1, 0.15) is 11.6 Å². The van der Waals surface area contributed by atoms with Gasteiger partial charge in [0, 0.05) is 23.6 Å². The van der Waals surface area contributed by atoms with E-state index < -0.39 is 12.8 Å². The highest BCUT2D eigenvalue weighted by Gasteiger charge is 2.27. The van der Waals surface area contributed by atoms with Crippen molar-refractivity contribution in [2.75, 3.05) is 32.2 Å². The van der Waals surface area contributed by atoms with Crippen LogP contribution < -0.4 is 4.73 Å². The van der Waals surface area contributed by atoms with Crippen molar-refractivity contribution in [1.29, 1.82) is 0 Å². The number of nitrogens with zero attached hydrogens (tertiary/aromatic N) is 1. The molecule has 0 N–H and O–H groups in total. The van der Waals surface area contributed by atoms with Crippen LogP contribution in [0.2, 0.25) is 5.02 Å². The minimum Gasteiger partial charge on any atom is -0.618 e. The second-order valence-electron chi connectivity index (χ2n) is 4.03. The monoisotopic (exact) mass is 345 g/mol. The first-order chi connectivity index (χ1) is 9.81. The second-order valence-corrected chi connectivity index (χ2v) is 5.55. The highest BCUT2D eigenvalue weighted by molar-refractivity contribution is 7.99. The zero-order valence-corrected chi connectivity index (χ0v) is 12.9. The van der Waals surface area contributed by atoms with Gasteiger partial charge in [0.2, 0.25) is 5.69 Å². The van der Waals surface area contributed by atoms with Crippen molar-refractivity contribution < 1.29 is 27.4 Å². The maximum absolute atomic E-state index is 11.8. The Labute approximate surface area is 129 Å². The van der Waals surface area contributed by atoms with Crippen LogP contribution in [0.3, 0.4) is 0 Å². The van der Waals surface area contributed by atoms with E-state index in [-0.39, 0.29) is 13.2 Å². The molecule has 0 atom stereocenters. The Bertz CT molecular complexity index is 460. The molecule has 0 amide bonds. The van der Waals surface area contributed by atoms with Gasteiger partial charge in [0.05, 0.1) is 19.8 Å². The minimum absolute atomic E-state index is 0.0960. The molecule has 0 aliphatic heterocycles.